The Morgan fingerprint density at radius 1 is 0.750 bits per heavy atom. The van der Waals surface area contributed by atoms with Gasteiger partial charge in [-0.2, -0.15) is 0 Å². The highest BCUT2D eigenvalue weighted by molar-refractivity contribution is 5.81. The molecule has 1 unspecified atom stereocenters. The molecule has 160 valence electrons. The van der Waals surface area contributed by atoms with Crippen molar-refractivity contribution in [1.82, 2.24) is 21.6 Å². The molecule has 0 radical (unpaired) electrons. The van der Waals surface area contributed by atoms with Gasteiger partial charge in [-0.1, -0.05) is 41.5 Å². The number of hydroxylamine groups is 2. The van der Waals surface area contributed by atoms with Crippen LogP contribution in [0.25, 0.3) is 0 Å². The average Bonchev–Trinajstić information content (AvgIpc) is 2.56. The first-order valence-corrected chi connectivity index (χ1v) is 9.63. The van der Waals surface area contributed by atoms with Crippen molar-refractivity contribution in [3.8, 4) is 0 Å². The van der Waals surface area contributed by atoms with Crippen LogP contribution >= 0.6 is 0 Å². The molecule has 0 amide bonds. The maximum atomic E-state index is 12.4. The number of carbonyl (C=O) groups excluding carboxylic acids is 2. The highest BCUT2D eigenvalue weighted by Crippen LogP contribution is 2.45. The van der Waals surface area contributed by atoms with E-state index in [2.05, 4.69) is 21.6 Å². The van der Waals surface area contributed by atoms with Gasteiger partial charge in [0, 0.05) is 10.8 Å². The quantitative estimate of drug-likeness (QED) is 0.322. The maximum absolute atomic E-state index is 12.4. The Labute approximate surface area is 164 Å². The van der Waals surface area contributed by atoms with Gasteiger partial charge >= 0.3 is 11.9 Å². The van der Waals surface area contributed by atoms with Crippen LogP contribution in [-0.4, -0.2) is 44.9 Å². The maximum Gasteiger partial charge on any atom is 0.372 e. The second-order valence-corrected chi connectivity index (χ2v) is 10.2. The minimum atomic E-state index is -2.01. The van der Waals surface area contributed by atoms with Gasteiger partial charge in [0.05, 0.1) is 0 Å². The summed E-state index contributed by atoms with van der Waals surface area (Å²) in [4.78, 5) is 35.3. The summed E-state index contributed by atoms with van der Waals surface area (Å²) in [5.41, 5.74) is -2.85. The predicted octanol–water partition coefficient (Wildman–Crippen LogP) is -0.276. The number of hydrogen-bond donors (Lipinski definition) is 6. The summed E-state index contributed by atoms with van der Waals surface area (Å²) in [7, 11) is 0. The molecule has 10 nitrogen and oxygen atoms in total. The topological polar surface area (TPSA) is 141 Å². The summed E-state index contributed by atoms with van der Waals surface area (Å²) in [5, 5.41) is 28.5. The highest BCUT2D eigenvalue weighted by atomic mass is 16.7. The molecule has 10 heteroatoms. The van der Waals surface area contributed by atoms with E-state index >= 15 is 0 Å². The molecule has 28 heavy (non-hydrogen) atoms. The third-order valence-electron chi connectivity index (χ3n) is 6.27. The molecule has 0 aromatic heterocycles. The zero-order valence-electron chi connectivity index (χ0n) is 17.4. The number of rotatable bonds is 0. The Bertz CT molecular complexity index is 631. The monoisotopic (exact) mass is 400 g/mol. The van der Waals surface area contributed by atoms with Crippen LogP contribution in [0.1, 0.15) is 67.2 Å². The van der Waals surface area contributed by atoms with Crippen molar-refractivity contribution in [3.63, 3.8) is 0 Å². The molecular formula is C18H32N4O6. The molecule has 4 atom stereocenters. The number of nitrogens with one attached hydrogen (secondary N) is 4. The molecule has 2 heterocycles. The van der Waals surface area contributed by atoms with Gasteiger partial charge < -0.3 is 19.9 Å². The third kappa shape index (κ3) is 2.78. The minimum Gasteiger partial charge on any atom is -0.366 e. The molecule has 0 bridgehead atoms. The van der Waals surface area contributed by atoms with Crippen LogP contribution in [0.4, 0.5) is 0 Å². The number of carbonyl (C=O) groups is 2. The van der Waals surface area contributed by atoms with Gasteiger partial charge in [-0.25, -0.2) is 9.59 Å². The van der Waals surface area contributed by atoms with Crippen LogP contribution in [0.3, 0.4) is 0 Å². The lowest BCUT2D eigenvalue weighted by molar-refractivity contribution is -0.279. The second kappa shape index (κ2) is 6.10. The van der Waals surface area contributed by atoms with E-state index in [9.17, 15) is 19.8 Å². The Morgan fingerprint density at radius 3 is 1.36 bits per heavy atom. The van der Waals surface area contributed by atoms with Crippen molar-refractivity contribution >= 4 is 11.9 Å². The minimum absolute atomic E-state index is 0.427. The number of aliphatic hydroxyl groups is 2. The Balaban J connectivity index is 2.08. The van der Waals surface area contributed by atoms with Crippen LogP contribution in [-0.2, 0) is 19.3 Å². The SMILES string of the molecule is CC(C)(C)C1(O)N[C@]2(CCCC[C@]23NOC(=O)[C@@](O)(C(C)(C)C)N3)NOC1=O. The van der Waals surface area contributed by atoms with E-state index in [1.54, 1.807) is 41.5 Å². The first-order valence-electron chi connectivity index (χ1n) is 9.63. The van der Waals surface area contributed by atoms with Gasteiger partial charge in [0.1, 0.15) is 11.3 Å². The molecule has 2 spiro atoms. The summed E-state index contributed by atoms with van der Waals surface area (Å²) in [6.45, 7) is 10.3. The van der Waals surface area contributed by atoms with E-state index < -0.39 is 45.5 Å². The zero-order chi connectivity index (χ0) is 21.2. The molecule has 0 aromatic rings. The van der Waals surface area contributed by atoms with Crippen molar-refractivity contribution < 1.29 is 29.5 Å². The van der Waals surface area contributed by atoms with Crippen LogP contribution in [0, 0.1) is 10.8 Å². The normalized spacial score (nSPS) is 42.4. The third-order valence-corrected chi connectivity index (χ3v) is 6.27. The number of hydrogen-bond acceptors (Lipinski definition) is 10. The summed E-state index contributed by atoms with van der Waals surface area (Å²) in [6.07, 6.45) is 2.36. The molecular weight excluding hydrogens is 368 g/mol. The molecule has 3 aliphatic rings. The first kappa shape index (κ1) is 21.4. The van der Waals surface area contributed by atoms with E-state index in [0.29, 0.717) is 12.8 Å². The van der Waals surface area contributed by atoms with Crippen molar-refractivity contribution in [2.45, 2.75) is 90.0 Å². The van der Waals surface area contributed by atoms with Gasteiger partial charge in [0.25, 0.3) is 0 Å². The van der Waals surface area contributed by atoms with Gasteiger partial charge in [-0.05, 0) is 25.7 Å². The van der Waals surface area contributed by atoms with Crippen molar-refractivity contribution in [1.29, 1.82) is 0 Å². The summed E-state index contributed by atoms with van der Waals surface area (Å²) in [6, 6.07) is 0. The largest absolute Gasteiger partial charge is 0.372 e. The summed E-state index contributed by atoms with van der Waals surface area (Å²) < 4.78 is 0. The average molecular weight is 400 g/mol. The molecule has 1 saturated carbocycles. The Kier molecular flexibility index (Phi) is 4.66. The van der Waals surface area contributed by atoms with Crippen LogP contribution in [0.5, 0.6) is 0 Å². The van der Waals surface area contributed by atoms with Crippen molar-refractivity contribution in [2.75, 3.05) is 0 Å². The fourth-order valence-electron chi connectivity index (χ4n) is 3.99. The molecule has 0 aromatic carbocycles. The Morgan fingerprint density at radius 2 is 1.07 bits per heavy atom. The molecule has 3 rings (SSSR count). The van der Waals surface area contributed by atoms with Crippen molar-refractivity contribution in [3.05, 3.63) is 0 Å². The van der Waals surface area contributed by atoms with E-state index in [0.717, 1.165) is 12.8 Å². The second-order valence-electron chi connectivity index (χ2n) is 10.2. The lowest BCUT2D eigenvalue weighted by Gasteiger charge is -2.62. The van der Waals surface area contributed by atoms with Crippen LogP contribution in [0.2, 0.25) is 0 Å². The fourth-order valence-corrected chi connectivity index (χ4v) is 3.99. The molecule has 3 fully saturated rings. The Hall–Kier alpha value is -1.30. The standard InChI is InChI=1S/C18H32N4O6/c1-13(2,3)17(25)11(23)27-21-15(19-17)9-7-8-10-16(15)20-18(26,14(4,5)6)12(24)28-22-16/h19-22,25-26H,7-10H2,1-6H3/t15-,16+,17+,18?/m0/s1. The highest BCUT2D eigenvalue weighted by Gasteiger charge is 2.69. The van der Waals surface area contributed by atoms with Crippen LogP contribution in [0.15, 0.2) is 0 Å². The van der Waals surface area contributed by atoms with Gasteiger partial charge in [-0.15, -0.1) is 11.0 Å². The van der Waals surface area contributed by atoms with E-state index in [-0.39, 0.29) is 0 Å². The predicted molar refractivity (Wildman–Crippen MR) is 97.5 cm³/mol. The van der Waals surface area contributed by atoms with Crippen LogP contribution < -0.4 is 21.6 Å². The van der Waals surface area contributed by atoms with Crippen molar-refractivity contribution in [2.24, 2.45) is 10.8 Å². The lowest BCUT2D eigenvalue weighted by Crippen LogP contribution is -2.92. The molecule has 2 aliphatic heterocycles. The first-order chi connectivity index (χ1) is 12.6. The van der Waals surface area contributed by atoms with E-state index in [1.807, 2.05) is 0 Å². The van der Waals surface area contributed by atoms with E-state index in [4.69, 9.17) is 9.68 Å². The van der Waals surface area contributed by atoms with Gasteiger partial charge in [0.15, 0.2) is 0 Å². The molecule has 1 aliphatic carbocycles. The molecule has 2 saturated heterocycles. The molecule has 6 N–H and O–H groups in total. The summed E-state index contributed by atoms with van der Waals surface area (Å²) >= 11 is 0. The zero-order valence-corrected chi connectivity index (χ0v) is 17.4. The smallest absolute Gasteiger partial charge is 0.366 e. The number of fused-ring (bicyclic) bond motifs is 1. The van der Waals surface area contributed by atoms with Gasteiger partial charge in [0.2, 0.25) is 11.4 Å². The van der Waals surface area contributed by atoms with E-state index in [1.165, 1.54) is 0 Å². The fraction of sp³-hybridized carbons (Fsp3) is 0.889. The lowest BCUT2D eigenvalue weighted by atomic mass is 9.72. The summed E-state index contributed by atoms with van der Waals surface area (Å²) in [5.74, 6) is -1.71. The van der Waals surface area contributed by atoms with Gasteiger partial charge in [-0.3, -0.25) is 10.6 Å².